The minimum absolute atomic E-state index is 0.294. The molecule has 0 fully saturated rings. The summed E-state index contributed by atoms with van der Waals surface area (Å²) < 4.78 is 16.8. The smallest absolute Gasteiger partial charge is 0.161 e. The molecule has 34 heavy (non-hydrogen) atoms. The van der Waals surface area contributed by atoms with Crippen LogP contribution in [0.25, 0.3) is 10.8 Å². The van der Waals surface area contributed by atoms with Crippen LogP contribution in [0.3, 0.4) is 0 Å². The molecule has 0 spiro atoms. The molecular weight excluding hydrogens is 426 g/mol. The Balaban J connectivity index is 1.54. The lowest BCUT2D eigenvalue weighted by Crippen LogP contribution is -2.07. The Bertz CT molecular complexity index is 1360. The molecule has 0 unspecified atom stereocenters. The second kappa shape index (κ2) is 10.9. The van der Waals surface area contributed by atoms with E-state index < -0.39 is 0 Å². The topological polar surface area (TPSA) is 75.9 Å². The van der Waals surface area contributed by atoms with Gasteiger partial charge >= 0.3 is 0 Å². The summed E-state index contributed by atoms with van der Waals surface area (Å²) in [5.74, 6) is 2.06. The number of fused-ring (bicyclic) bond motifs is 1. The summed E-state index contributed by atoms with van der Waals surface area (Å²) in [6.07, 6.45) is 1.77. The SMILES string of the molecule is COc1ccc(CN/N=C/c2c(OCc3ccccc3C#N)ccc3ccccc23)cc1OC. The van der Waals surface area contributed by atoms with Gasteiger partial charge in [-0.2, -0.15) is 10.4 Å². The van der Waals surface area contributed by atoms with Gasteiger partial charge in [-0.25, -0.2) is 0 Å². The monoisotopic (exact) mass is 451 g/mol. The molecule has 0 aromatic heterocycles. The molecule has 0 amide bonds. The zero-order chi connectivity index (χ0) is 23.8. The highest BCUT2D eigenvalue weighted by Gasteiger charge is 2.09. The third-order valence-electron chi connectivity index (χ3n) is 5.47. The van der Waals surface area contributed by atoms with Gasteiger partial charge in [0.05, 0.1) is 38.6 Å². The summed E-state index contributed by atoms with van der Waals surface area (Å²) in [7, 11) is 3.23. The number of nitrogens with one attached hydrogen (secondary N) is 1. The van der Waals surface area contributed by atoms with Crippen molar-refractivity contribution in [2.24, 2.45) is 5.10 Å². The van der Waals surface area contributed by atoms with Crippen molar-refractivity contribution in [1.29, 1.82) is 5.26 Å². The zero-order valence-electron chi connectivity index (χ0n) is 19.1. The Kier molecular flexibility index (Phi) is 7.26. The quantitative estimate of drug-likeness (QED) is 0.271. The molecule has 170 valence electrons. The number of nitrogens with zero attached hydrogens (tertiary/aromatic N) is 2. The van der Waals surface area contributed by atoms with E-state index in [1.807, 2.05) is 66.7 Å². The third kappa shape index (κ3) is 5.11. The van der Waals surface area contributed by atoms with E-state index >= 15 is 0 Å². The van der Waals surface area contributed by atoms with Crippen molar-refractivity contribution in [1.82, 2.24) is 5.43 Å². The maximum Gasteiger partial charge on any atom is 0.161 e. The molecule has 6 nitrogen and oxygen atoms in total. The van der Waals surface area contributed by atoms with Crippen LogP contribution in [0.15, 0.2) is 84.0 Å². The van der Waals surface area contributed by atoms with E-state index in [1.165, 1.54) is 0 Å². The summed E-state index contributed by atoms with van der Waals surface area (Å²) in [5.41, 5.74) is 6.42. The Morgan fingerprint density at radius 1 is 0.882 bits per heavy atom. The van der Waals surface area contributed by atoms with E-state index in [-0.39, 0.29) is 0 Å². The van der Waals surface area contributed by atoms with Gasteiger partial charge in [-0.3, -0.25) is 0 Å². The van der Waals surface area contributed by atoms with Crippen LogP contribution in [0.4, 0.5) is 0 Å². The maximum atomic E-state index is 9.36. The maximum absolute atomic E-state index is 9.36. The van der Waals surface area contributed by atoms with Crippen molar-refractivity contribution in [3.63, 3.8) is 0 Å². The number of hydrogen-bond donors (Lipinski definition) is 1. The lowest BCUT2D eigenvalue weighted by atomic mass is 10.0. The molecule has 0 aliphatic heterocycles. The first-order valence-corrected chi connectivity index (χ1v) is 10.8. The fraction of sp³-hybridized carbons (Fsp3) is 0.143. The average molecular weight is 452 g/mol. The molecule has 0 heterocycles. The van der Waals surface area contributed by atoms with Gasteiger partial charge in [0, 0.05) is 11.1 Å². The van der Waals surface area contributed by atoms with E-state index in [4.69, 9.17) is 14.2 Å². The van der Waals surface area contributed by atoms with Gasteiger partial charge in [0.25, 0.3) is 0 Å². The van der Waals surface area contributed by atoms with Crippen LogP contribution in [-0.2, 0) is 13.2 Å². The molecule has 4 aromatic rings. The Morgan fingerprint density at radius 2 is 1.65 bits per heavy atom. The minimum atomic E-state index is 0.294. The standard InChI is InChI=1S/C28H25N3O3/c1-32-27-13-11-20(15-28(27)33-2)17-30-31-18-25-24-10-6-5-7-21(24)12-14-26(25)34-19-23-9-4-3-8-22(23)16-29/h3-15,18,30H,17,19H2,1-2H3/b31-18+. The first-order valence-electron chi connectivity index (χ1n) is 10.8. The predicted molar refractivity (Wildman–Crippen MR) is 133 cm³/mol. The van der Waals surface area contributed by atoms with Crippen LogP contribution in [0.2, 0.25) is 0 Å². The summed E-state index contributed by atoms with van der Waals surface area (Å²) in [6, 6.07) is 27.5. The van der Waals surface area contributed by atoms with Crippen molar-refractivity contribution >= 4 is 17.0 Å². The van der Waals surface area contributed by atoms with E-state index in [9.17, 15) is 5.26 Å². The van der Waals surface area contributed by atoms with Crippen molar-refractivity contribution in [3.8, 4) is 23.3 Å². The number of ether oxygens (including phenoxy) is 3. The van der Waals surface area contributed by atoms with Crippen molar-refractivity contribution in [2.75, 3.05) is 14.2 Å². The van der Waals surface area contributed by atoms with E-state index in [0.717, 1.165) is 27.5 Å². The first-order chi connectivity index (χ1) is 16.7. The van der Waals surface area contributed by atoms with Gasteiger partial charge in [-0.1, -0.05) is 54.6 Å². The summed E-state index contributed by atoms with van der Waals surface area (Å²) in [4.78, 5) is 0. The lowest BCUT2D eigenvalue weighted by Gasteiger charge is -2.13. The highest BCUT2D eigenvalue weighted by atomic mass is 16.5. The molecule has 0 bridgehead atoms. The molecule has 0 saturated heterocycles. The molecule has 0 aliphatic carbocycles. The fourth-order valence-electron chi connectivity index (χ4n) is 3.68. The molecule has 1 N–H and O–H groups in total. The summed E-state index contributed by atoms with van der Waals surface area (Å²) in [6.45, 7) is 0.815. The Labute approximate surface area is 199 Å². The molecule has 6 heteroatoms. The summed E-state index contributed by atoms with van der Waals surface area (Å²) >= 11 is 0. The van der Waals surface area contributed by atoms with Crippen LogP contribution >= 0.6 is 0 Å². The Hall–Kier alpha value is -4.50. The fourth-order valence-corrected chi connectivity index (χ4v) is 3.68. The van der Waals surface area contributed by atoms with Crippen molar-refractivity contribution in [2.45, 2.75) is 13.2 Å². The third-order valence-corrected chi connectivity index (χ3v) is 5.47. The predicted octanol–water partition coefficient (Wildman–Crippen LogP) is 5.43. The average Bonchev–Trinajstić information content (AvgIpc) is 2.90. The van der Waals surface area contributed by atoms with E-state index in [0.29, 0.717) is 36.0 Å². The van der Waals surface area contributed by atoms with Crippen LogP contribution in [0, 0.1) is 11.3 Å². The first kappa shape index (κ1) is 22.7. The van der Waals surface area contributed by atoms with Crippen LogP contribution in [0.5, 0.6) is 17.2 Å². The van der Waals surface area contributed by atoms with Crippen LogP contribution in [0.1, 0.15) is 22.3 Å². The van der Waals surface area contributed by atoms with Gasteiger partial charge in [-0.05, 0) is 40.6 Å². The van der Waals surface area contributed by atoms with Gasteiger partial charge in [-0.15, -0.1) is 0 Å². The molecule has 0 radical (unpaired) electrons. The van der Waals surface area contributed by atoms with Crippen LogP contribution < -0.4 is 19.6 Å². The molecular formula is C28H25N3O3. The number of nitriles is 1. The van der Waals surface area contributed by atoms with E-state index in [2.05, 4.69) is 22.7 Å². The lowest BCUT2D eigenvalue weighted by molar-refractivity contribution is 0.306. The van der Waals surface area contributed by atoms with Gasteiger partial charge in [0.15, 0.2) is 11.5 Å². The van der Waals surface area contributed by atoms with Crippen molar-refractivity contribution < 1.29 is 14.2 Å². The number of methoxy groups -OCH3 is 2. The molecule has 0 saturated carbocycles. The highest BCUT2D eigenvalue weighted by Crippen LogP contribution is 2.29. The second-order valence-electron chi connectivity index (χ2n) is 7.54. The summed E-state index contributed by atoms with van der Waals surface area (Å²) in [5, 5.41) is 15.9. The molecule has 4 rings (SSSR count). The van der Waals surface area contributed by atoms with Gasteiger partial charge in [0.2, 0.25) is 0 Å². The highest BCUT2D eigenvalue weighted by molar-refractivity contribution is 6.02. The van der Waals surface area contributed by atoms with Gasteiger partial charge in [0.1, 0.15) is 12.4 Å². The normalized spacial score (nSPS) is 10.7. The van der Waals surface area contributed by atoms with Gasteiger partial charge < -0.3 is 19.6 Å². The number of hydrogen-bond acceptors (Lipinski definition) is 6. The number of hydrazone groups is 1. The number of benzene rings is 4. The number of rotatable bonds is 9. The molecule has 0 aliphatic rings. The zero-order valence-corrected chi connectivity index (χ0v) is 19.1. The molecule has 4 aromatic carbocycles. The van der Waals surface area contributed by atoms with E-state index in [1.54, 1.807) is 26.5 Å². The Morgan fingerprint density at radius 3 is 2.47 bits per heavy atom. The van der Waals surface area contributed by atoms with Crippen LogP contribution in [-0.4, -0.2) is 20.4 Å². The second-order valence-corrected chi connectivity index (χ2v) is 7.54. The van der Waals surface area contributed by atoms with Crippen molar-refractivity contribution in [3.05, 3.63) is 101 Å². The largest absolute Gasteiger partial charge is 0.493 e. The minimum Gasteiger partial charge on any atom is -0.493 e. The molecule has 0 atom stereocenters.